The van der Waals surface area contributed by atoms with Gasteiger partial charge in [0.1, 0.15) is 17.8 Å². The minimum absolute atomic E-state index is 0.104. The van der Waals surface area contributed by atoms with Crippen LogP contribution < -0.4 is 5.32 Å². The Labute approximate surface area is 157 Å². The van der Waals surface area contributed by atoms with E-state index in [-0.39, 0.29) is 11.6 Å². The van der Waals surface area contributed by atoms with E-state index >= 15 is 0 Å². The van der Waals surface area contributed by atoms with Crippen LogP contribution in [-0.4, -0.2) is 28.0 Å². The number of carboxylic acids is 1. The highest BCUT2D eigenvalue weighted by molar-refractivity contribution is 5.95. The van der Waals surface area contributed by atoms with Crippen LogP contribution in [0.5, 0.6) is 0 Å². The van der Waals surface area contributed by atoms with Crippen molar-refractivity contribution in [3.63, 3.8) is 0 Å². The minimum atomic E-state index is -1.06. The molecule has 1 aromatic heterocycles. The van der Waals surface area contributed by atoms with E-state index in [9.17, 15) is 14.7 Å². The molecule has 0 aliphatic heterocycles. The Morgan fingerprint density at radius 1 is 1.33 bits per heavy atom. The fourth-order valence-electron chi connectivity index (χ4n) is 3.64. The molecule has 0 saturated carbocycles. The Morgan fingerprint density at radius 2 is 2.11 bits per heavy atom. The monoisotopic (exact) mass is 363 g/mol. The SMILES string of the molecule is Cc1nc(C(=O)NC(CC2CCCc3ccccc32)C(=O)O)ccc1C#N. The van der Waals surface area contributed by atoms with E-state index in [0.29, 0.717) is 17.7 Å². The molecule has 1 aliphatic carbocycles. The normalized spacial score (nSPS) is 16.7. The van der Waals surface area contributed by atoms with Gasteiger partial charge in [-0.1, -0.05) is 24.3 Å². The molecule has 1 aliphatic rings. The zero-order chi connectivity index (χ0) is 19.4. The molecule has 27 heavy (non-hydrogen) atoms. The van der Waals surface area contributed by atoms with Gasteiger partial charge in [-0.3, -0.25) is 4.79 Å². The lowest BCUT2D eigenvalue weighted by molar-refractivity contribution is -0.139. The van der Waals surface area contributed by atoms with Gasteiger partial charge >= 0.3 is 5.97 Å². The van der Waals surface area contributed by atoms with Crippen LogP contribution in [0.4, 0.5) is 0 Å². The molecule has 0 spiro atoms. The first-order chi connectivity index (χ1) is 13.0. The molecule has 1 heterocycles. The second kappa shape index (κ2) is 8.00. The van der Waals surface area contributed by atoms with Gasteiger partial charge in [0, 0.05) is 0 Å². The summed E-state index contributed by atoms with van der Waals surface area (Å²) in [6, 6.07) is 12.1. The van der Waals surface area contributed by atoms with Gasteiger partial charge in [-0.05, 0) is 61.8 Å². The van der Waals surface area contributed by atoms with Gasteiger partial charge in [0.15, 0.2) is 0 Å². The summed E-state index contributed by atoms with van der Waals surface area (Å²) in [5, 5.41) is 21.2. The lowest BCUT2D eigenvalue weighted by Crippen LogP contribution is -2.42. The molecule has 2 unspecified atom stereocenters. The number of amides is 1. The van der Waals surface area contributed by atoms with Crippen molar-refractivity contribution in [2.24, 2.45) is 0 Å². The summed E-state index contributed by atoms with van der Waals surface area (Å²) in [6.07, 6.45) is 3.27. The standard InChI is InChI=1S/C21H21N3O3/c1-13-16(12-22)9-10-18(23-13)20(25)24-19(21(26)27)11-15-7-4-6-14-5-2-3-8-17(14)15/h2-3,5,8-10,15,19H,4,6-7,11H2,1H3,(H,24,25)(H,26,27). The lowest BCUT2D eigenvalue weighted by atomic mass is 9.79. The number of carboxylic acid groups (broad SMARTS) is 1. The number of benzene rings is 1. The van der Waals surface area contributed by atoms with Crippen molar-refractivity contribution in [3.8, 4) is 6.07 Å². The molecule has 0 radical (unpaired) electrons. The van der Waals surface area contributed by atoms with Gasteiger partial charge < -0.3 is 10.4 Å². The van der Waals surface area contributed by atoms with Crippen molar-refractivity contribution in [2.75, 3.05) is 0 Å². The first-order valence-corrected chi connectivity index (χ1v) is 8.99. The summed E-state index contributed by atoms with van der Waals surface area (Å²) in [4.78, 5) is 28.3. The number of nitriles is 1. The maximum atomic E-state index is 12.5. The van der Waals surface area contributed by atoms with E-state index in [2.05, 4.69) is 16.4 Å². The average molecular weight is 363 g/mol. The van der Waals surface area contributed by atoms with E-state index in [0.717, 1.165) is 19.3 Å². The van der Waals surface area contributed by atoms with Crippen molar-refractivity contribution < 1.29 is 14.7 Å². The van der Waals surface area contributed by atoms with Gasteiger partial charge in [-0.2, -0.15) is 5.26 Å². The second-order valence-electron chi connectivity index (χ2n) is 6.83. The van der Waals surface area contributed by atoms with Crippen LogP contribution in [0.25, 0.3) is 0 Å². The Kier molecular flexibility index (Phi) is 5.51. The maximum absolute atomic E-state index is 12.5. The van der Waals surface area contributed by atoms with E-state index in [1.54, 1.807) is 6.92 Å². The molecule has 2 N–H and O–H groups in total. The van der Waals surface area contributed by atoms with Crippen molar-refractivity contribution in [1.82, 2.24) is 10.3 Å². The fraction of sp³-hybridized carbons (Fsp3) is 0.333. The van der Waals surface area contributed by atoms with Gasteiger partial charge in [-0.15, -0.1) is 0 Å². The number of aryl methyl sites for hydroxylation is 2. The molecule has 0 bridgehead atoms. The maximum Gasteiger partial charge on any atom is 0.326 e. The number of carbonyl (C=O) groups excluding carboxylic acids is 1. The average Bonchev–Trinajstić information content (AvgIpc) is 2.67. The van der Waals surface area contributed by atoms with Crippen molar-refractivity contribution in [1.29, 1.82) is 5.26 Å². The van der Waals surface area contributed by atoms with Gasteiger partial charge in [0.05, 0.1) is 11.3 Å². The molecule has 1 amide bonds. The summed E-state index contributed by atoms with van der Waals surface area (Å²) in [6.45, 7) is 1.64. The highest BCUT2D eigenvalue weighted by atomic mass is 16.4. The van der Waals surface area contributed by atoms with Crippen LogP contribution in [0.2, 0.25) is 0 Å². The first-order valence-electron chi connectivity index (χ1n) is 8.99. The predicted octanol–water partition coefficient (Wildman–Crippen LogP) is 2.95. The number of aliphatic carboxylic acids is 1. The molecule has 6 nitrogen and oxygen atoms in total. The number of nitrogens with zero attached hydrogens (tertiary/aromatic N) is 2. The molecule has 0 saturated heterocycles. The number of carbonyl (C=O) groups is 2. The summed E-state index contributed by atoms with van der Waals surface area (Å²) in [5.41, 5.74) is 3.38. The van der Waals surface area contributed by atoms with Crippen LogP contribution in [0.3, 0.4) is 0 Å². The molecular formula is C21H21N3O3. The van der Waals surface area contributed by atoms with E-state index in [1.807, 2.05) is 24.3 Å². The summed E-state index contributed by atoms with van der Waals surface area (Å²) in [7, 11) is 0. The molecule has 3 rings (SSSR count). The zero-order valence-electron chi connectivity index (χ0n) is 15.1. The second-order valence-corrected chi connectivity index (χ2v) is 6.83. The summed E-state index contributed by atoms with van der Waals surface area (Å²) >= 11 is 0. The number of fused-ring (bicyclic) bond motifs is 1. The van der Waals surface area contributed by atoms with Crippen molar-refractivity contribution in [2.45, 2.75) is 44.6 Å². The third kappa shape index (κ3) is 4.14. The molecule has 2 atom stereocenters. The largest absolute Gasteiger partial charge is 0.480 e. The minimum Gasteiger partial charge on any atom is -0.480 e. The van der Waals surface area contributed by atoms with Gasteiger partial charge in [-0.25, -0.2) is 9.78 Å². The van der Waals surface area contributed by atoms with Crippen LogP contribution in [-0.2, 0) is 11.2 Å². The quantitative estimate of drug-likeness (QED) is 0.850. The molecular weight excluding hydrogens is 342 g/mol. The third-order valence-electron chi connectivity index (χ3n) is 5.06. The highest BCUT2D eigenvalue weighted by Crippen LogP contribution is 2.34. The van der Waals surface area contributed by atoms with Crippen molar-refractivity contribution >= 4 is 11.9 Å². The van der Waals surface area contributed by atoms with Gasteiger partial charge in [0.2, 0.25) is 0 Å². The smallest absolute Gasteiger partial charge is 0.326 e. The predicted molar refractivity (Wildman–Crippen MR) is 99.3 cm³/mol. The van der Waals surface area contributed by atoms with E-state index in [1.165, 1.54) is 23.3 Å². The topological polar surface area (TPSA) is 103 Å². The fourth-order valence-corrected chi connectivity index (χ4v) is 3.64. The van der Waals surface area contributed by atoms with Crippen LogP contribution in [0, 0.1) is 18.3 Å². The number of rotatable bonds is 5. The van der Waals surface area contributed by atoms with Gasteiger partial charge in [0.25, 0.3) is 5.91 Å². The zero-order valence-corrected chi connectivity index (χ0v) is 15.1. The Morgan fingerprint density at radius 3 is 2.81 bits per heavy atom. The van der Waals surface area contributed by atoms with Crippen LogP contribution >= 0.6 is 0 Å². The van der Waals surface area contributed by atoms with Crippen LogP contribution in [0.15, 0.2) is 36.4 Å². The summed E-state index contributed by atoms with van der Waals surface area (Å²) < 4.78 is 0. The Bertz CT molecular complexity index is 917. The molecule has 138 valence electrons. The third-order valence-corrected chi connectivity index (χ3v) is 5.06. The van der Waals surface area contributed by atoms with E-state index in [4.69, 9.17) is 5.26 Å². The molecule has 1 aromatic carbocycles. The molecule has 2 aromatic rings. The van der Waals surface area contributed by atoms with Crippen LogP contribution in [0.1, 0.15) is 58.1 Å². The Hall–Kier alpha value is -3.20. The van der Waals surface area contributed by atoms with Crippen molar-refractivity contribution in [3.05, 3.63) is 64.5 Å². The number of nitrogens with one attached hydrogen (secondary N) is 1. The van der Waals surface area contributed by atoms with E-state index < -0.39 is 17.9 Å². The number of hydrogen-bond donors (Lipinski definition) is 2. The lowest BCUT2D eigenvalue weighted by Gasteiger charge is -2.28. The number of aromatic nitrogens is 1. The molecule has 6 heteroatoms. The number of pyridine rings is 1. The molecule has 0 fully saturated rings. The Balaban J connectivity index is 1.75. The highest BCUT2D eigenvalue weighted by Gasteiger charge is 2.28. The first kappa shape index (κ1) is 18.6. The number of hydrogen-bond acceptors (Lipinski definition) is 4. The summed E-state index contributed by atoms with van der Waals surface area (Å²) in [5.74, 6) is -1.50.